The van der Waals surface area contributed by atoms with E-state index < -0.39 is 0 Å². The van der Waals surface area contributed by atoms with E-state index in [0.717, 1.165) is 13.2 Å². The molecule has 0 aliphatic rings. The summed E-state index contributed by atoms with van der Waals surface area (Å²) in [6, 6.07) is 0. The molecule has 2 unspecified atom stereocenters. The third-order valence-electron chi connectivity index (χ3n) is 2.53. The lowest BCUT2D eigenvalue weighted by atomic mass is 10.1. The first-order valence-electron chi connectivity index (χ1n) is 6.02. The van der Waals surface area contributed by atoms with Crippen LogP contribution in [0.3, 0.4) is 0 Å². The molecular weight excluding hydrogens is 174 g/mol. The minimum atomic E-state index is 0.404. The molecule has 0 aromatic carbocycles. The molecule has 2 atom stereocenters. The Morgan fingerprint density at radius 1 is 1.14 bits per heavy atom. The van der Waals surface area contributed by atoms with Crippen LogP contribution in [0.5, 0.6) is 0 Å². The van der Waals surface area contributed by atoms with E-state index in [4.69, 9.17) is 10.5 Å². The molecule has 2 nitrogen and oxygen atoms in total. The van der Waals surface area contributed by atoms with Gasteiger partial charge in [-0.15, -0.1) is 0 Å². The molecule has 86 valence electrons. The van der Waals surface area contributed by atoms with Gasteiger partial charge in [0.1, 0.15) is 0 Å². The van der Waals surface area contributed by atoms with Gasteiger partial charge in [-0.05, 0) is 25.8 Å². The zero-order valence-corrected chi connectivity index (χ0v) is 10.1. The number of rotatable bonds is 9. The summed E-state index contributed by atoms with van der Waals surface area (Å²) in [4.78, 5) is 0. The molecule has 0 saturated heterocycles. The van der Waals surface area contributed by atoms with Crippen LogP contribution in [-0.4, -0.2) is 19.3 Å². The van der Waals surface area contributed by atoms with Gasteiger partial charge in [-0.1, -0.05) is 39.5 Å². The maximum Gasteiger partial charge on any atom is 0.0547 e. The third-order valence-corrected chi connectivity index (χ3v) is 2.53. The van der Waals surface area contributed by atoms with Crippen LogP contribution in [0.4, 0.5) is 0 Å². The molecule has 0 aromatic rings. The summed E-state index contributed by atoms with van der Waals surface area (Å²) in [6.07, 6.45) is 6.89. The van der Waals surface area contributed by atoms with Crippen LogP contribution in [0.25, 0.3) is 0 Å². The van der Waals surface area contributed by atoms with Gasteiger partial charge in [0.25, 0.3) is 0 Å². The van der Waals surface area contributed by atoms with Crippen molar-refractivity contribution in [2.24, 2.45) is 11.7 Å². The van der Waals surface area contributed by atoms with E-state index in [1.165, 1.54) is 32.1 Å². The van der Waals surface area contributed by atoms with Crippen molar-refractivity contribution in [3.63, 3.8) is 0 Å². The van der Waals surface area contributed by atoms with E-state index in [9.17, 15) is 0 Å². The molecule has 0 aliphatic heterocycles. The van der Waals surface area contributed by atoms with Crippen molar-refractivity contribution in [3.05, 3.63) is 0 Å². The van der Waals surface area contributed by atoms with Crippen LogP contribution >= 0.6 is 0 Å². The number of hydrogen-bond acceptors (Lipinski definition) is 2. The lowest BCUT2D eigenvalue weighted by Crippen LogP contribution is -2.20. The lowest BCUT2D eigenvalue weighted by molar-refractivity contribution is 0.0391. The van der Waals surface area contributed by atoms with Crippen LogP contribution in [0.1, 0.15) is 52.9 Å². The highest BCUT2D eigenvalue weighted by atomic mass is 16.5. The molecule has 0 rings (SSSR count). The third kappa shape index (κ3) is 8.52. The summed E-state index contributed by atoms with van der Waals surface area (Å²) in [5.74, 6) is 0.494. The Hall–Kier alpha value is -0.0800. The predicted molar refractivity (Wildman–Crippen MR) is 62.4 cm³/mol. The highest BCUT2D eigenvalue weighted by Crippen LogP contribution is 2.08. The average Bonchev–Trinajstić information content (AvgIpc) is 2.21. The molecule has 0 amide bonds. The Balaban J connectivity index is 3.23. The Kier molecular flexibility index (Phi) is 9.42. The van der Waals surface area contributed by atoms with Crippen molar-refractivity contribution in [1.82, 2.24) is 0 Å². The normalized spacial score (nSPS) is 15.4. The molecule has 0 radical (unpaired) electrons. The smallest absolute Gasteiger partial charge is 0.0547 e. The molecule has 0 fully saturated rings. The second kappa shape index (κ2) is 9.47. The van der Waals surface area contributed by atoms with Gasteiger partial charge in [0, 0.05) is 0 Å². The van der Waals surface area contributed by atoms with E-state index >= 15 is 0 Å². The van der Waals surface area contributed by atoms with Crippen LogP contribution in [-0.2, 0) is 4.74 Å². The second-order valence-corrected chi connectivity index (χ2v) is 4.33. The van der Waals surface area contributed by atoms with Gasteiger partial charge in [-0.2, -0.15) is 0 Å². The van der Waals surface area contributed by atoms with Crippen LogP contribution in [0, 0.1) is 5.92 Å². The van der Waals surface area contributed by atoms with Crippen molar-refractivity contribution in [1.29, 1.82) is 0 Å². The monoisotopic (exact) mass is 201 g/mol. The summed E-state index contributed by atoms with van der Waals surface area (Å²) in [5, 5.41) is 0. The molecule has 0 saturated carbocycles. The fourth-order valence-corrected chi connectivity index (χ4v) is 1.34. The van der Waals surface area contributed by atoms with Gasteiger partial charge in [-0.25, -0.2) is 0 Å². The first-order chi connectivity index (χ1) is 6.70. The fraction of sp³-hybridized carbons (Fsp3) is 1.00. The molecular formula is C12H27NO. The summed E-state index contributed by atoms with van der Waals surface area (Å²) >= 11 is 0. The molecule has 0 spiro atoms. The molecule has 0 aromatic heterocycles. The SMILES string of the molecule is CCCCCCC(C)OCC(C)CN. The minimum absolute atomic E-state index is 0.404. The second-order valence-electron chi connectivity index (χ2n) is 4.33. The topological polar surface area (TPSA) is 35.2 Å². The fourth-order valence-electron chi connectivity index (χ4n) is 1.34. The van der Waals surface area contributed by atoms with Gasteiger partial charge in [-0.3, -0.25) is 0 Å². The van der Waals surface area contributed by atoms with Gasteiger partial charge < -0.3 is 10.5 Å². The lowest BCUT2D eigenvalue weighted by Gasteiger charge is -2.15. The molecule has 0 aliphatic carbocycles. The molecule has 2 heteroatoms. The number of hydrogen-bond donors (Lipinski definition) is 1. The molecule has 14 heavy (non-hydrogen) atoms. The Morgan fingerprint density at radius 3 is 2.43 bits per heavy atom. The number of ether oxygens (including phenoxy) is 1. The zero-order valence-electron chi connectivity index (χ0n) is 10.1. The zero-order chi connectivity index (χ0) is 10.8. The summed E-state index contributed by atoms with van der Waals surface area (Å²) in [5.41, 5.74) is 5.52. The molecule has 0 heterocycles. The minimum Gasteiger partial charge on any atom is -0.378 e. The van der Waals surface area contributed by atoms with Crippen molar-refractivity contribution < 1.29 is 4.74 Å². The van der Waals surface area contributed by atoms with Gasteiger partial charge in [0.05, 0.1) is 12.7 Å². The Morgan fingerprint density at radius 2 is 1.86 bits per heavy atom. The summed E-state index contributed by atoms with van der Waals surface area (Å²) in [6.45, 7) is 8.07. The van der Waals surface area contributed by atoms with Crippen LogP contribution < -0.4 is 5.73 Å². The van der Waals surface area contributed by atoms with Crippen molar-refractivity contribution in [3.8, 4) is 0 Å². The highest BCUT2D eigenvalue weighted by molar-refractivity contribution is 4.55. The van der Waals surface area contributed by atoms with E-state index in [2.05, 4.69) is 20.8 Å². The van der Waals surface area contributed by atoms with Crippen LogP contribution in [0.2, 0.25) is 0 Å². The van der Waals surface area contributed by atoms with E-state index in [1.807, 2.05) is 0 Å². The number of nitrogens with two attached hydrogens (primary N) is 1. The van der Waals surface area contributed by atoms with Crippen molar-refractivity contribution >= 4 is 0 Å². The standard InChI is InChI=1S/C12H27NO/c1-4-5-6-7-8-12(3)14-10-11(2)9-13/h11-12H,4-10,13H2,1-3H3. The maximum atomic E-state index is 5.69. The molecule has 0 bridgehead atoms. The first-order valence-corrected chi connectivity index (χ1v) is 6.02. The van der Waals surface area contributed by atoms with E-state index in [1.54, 1.807) is 0 Å². The van der Waals surface area contributed by atoms with E-state index in [0.29, 0.717) is 12.0 Å². The Labute approximate surface area is 89.2 Å². The quantitative estimate of drug-likeness (QED) is 0.582. The van der Waals surface area contributed by atoms with E-state index in [-0.39, 0.29) is 0 Å². The average molecular weight is 201 g/mol. The number of unbranched alkanes of at least 4 members (excludes halogenated alkanes) is 3. The summed E-state index contributed by atoms with van der Waals surface area (Å²) in [7, 11) is 0. The summed E-state index contributed by atoms with van der Waals surface area (Å²) < 4.78 is 5.69. The van der Waals surface area contributed by atoms with Gasteiger partial charge in [0.15, 0.2) is 0 Å². The molecule has 2 N–H and O–H groups in total. The van der Waals surface area contributed by atoms with Gasteiger partial charge in [0.2, 0.25) is 0 Å². The largest absolute Gasteiger partial charge is 0.378 e. The van der Waals surface area contributed by atoms with Crippen LogP contribution in [0.15, 0.2) is 0 Å². The van der Waals surface area contributed by atoms with Gasteiger partial charge >= 0.3 is 0 Å². The highest BCUT2D eigenvalue weighted by Gasteiger charge is 2.04. The Bertz CT molecular complexity index is 117. The first kappa shape index (κ1) is 13.9. The maximum absolute atomic E-state index is 5.69. The van der Waals surface area contributed by atoms with Crippen molar-refractivity contribution in [2.45, 2.75) is 59.0 Å². The van der Waals surface area contributed by atoms with Crippen molar-refractivity contribution in [2.75, 3.05) is 13.2 Å². The predicted octanol–water partition coefficient (Wildman–Crippen LogP) is 2.96.